The van der Waals surface area contributed by atoms with E-state index in [-0.39, 0.29) is 6.10 Å². The molecule has 1 N–H and O–H groups in total. The van der Waals surface area contributed by atoms with E-state index in [0.29, 0.717) is 0 Å². The minimum atomic E-state index is 0.267. The van der Waals surface area contributed by atoms with Crippen molar-refractivity contribution in [2.75, 3.05) is 44.9 Å². The van der Waals surface area contributed by atoms with Crippen LogP contribution >= 0.6 is 11.8 Å². The summed E-state index contributed by atoms with van der Waals surface area (Å²) < 4.78 is 10.8. The summed E-state index contributed by atoms with van der Waals surface area (Å²) in [6.07, 6.45) is 3.63. The fraction of sp³-hybridized carbons (Fsp3) is 1.00. The summed E-state index contributed by atoms with van der Waals surface area (Å²) >= 11 is 1.89. The molecule has 1 aliphatic heterocycles. The third kappa shape index (κ3) is 5.52. The molecule has 1 atom stereocenters. The summed E-state index contributed by atoms with van der Waals surface area (Å²) in [5, 5.41) is 3.37. The van der Waals surface area contributed by atoms with Crippen molar-refractivity contribution in [3.63, 3.8) is 0 Å². The van der Waals surface area contributed by atoms with Gasteiger partial charge in [-0.2, -0.15) is 11.8 Å². The summed E-state index contributed by atoms with van der Waals surface area (Å²) in [7, 11) is 0. The molecule has 0 saturated carbocycles. The van der Waals surface area contributed by atoms with Crippen molar-refractivity contribution in [3.8, 4) is 0 Å². The van der Waals surface area contributed by atoms with Crippen molar-refractivity contribution in [2.45, 2.75) is 12.5 Å². The number of thioether (sulfide) groups is 1. The van der Waals surface area contributed by atoms with Crippen LogP contribution in [0.1, 0.15) is 6.42 Å². The van der Waals surface area contributed by atoms with E-state index >= 15 is 0 Å². The molecule has 1 aliphatic rings. The van der Waals surface area contributed by atoms with Crippen LogP contribution in [-0.4, -0.2) is 51.0 Å². The Balaban J connectivity index is 1.86. The average molecular weight is 205 g/mol. The highest BCUT2D eigenvalue weighted by atomic mass is 32.2. The van der Waals surface area contributed by atoms with Gasteiger partial charge in [0.1, 0.15) is 0 Å². The molecular formula is C9H19NO2S. The first-order valence-corrected chi connectivity index (χ1v) is 6.22. The molecule has 0 amide bonds. The van der Waals surface area contributed by atoms with Crippen molar-refractivity contribution in [1.29, 1.82) is 0 Å². The maximum atomic E-state index is 5.49. The Labute approximate surface area is 84.6 Å². The monoisotopic (exact) mass is 205 g/mol. The summed E-state index contributed by atoms with van der Waals surface area (Å²) in [5.74, 6) is 1.23. The van der Waals surface area contributed by atoms with Gasteiger partial charge in [0.15, 0.2) is 0 Å². The number of hydrogen-bond acceptors (Lipinski definition) is 4. The summed E-state index contributed by atoms with van der Waals surface area (Å²) in [6.45, 7) is 4.25. The van der Waals surface area contributed by atoms with Crippen molar-refractivity contribution < 1.29 is 9.47 Å². The lowest BCUT2D eigenvalue weighted by Gasteiger charge is -2.23. The molecular weight excluding hydrogens is 186 g/mol. The van der Waals surface area contributed by atoms with E-state index in [0.717, 1.165) is 32.9 Å². The smallest absolute Gasteiger partial charge is 0.0933 e. The predicted octanol–water partition coefficient (Wildman–Crippen LogP) is 0.744. The second-order valence-corrected chi connectivity index (χ2v) is 4.10. The van der Waals surface area contributed by atoms with E-state index in [4.69, 9.17) is 9.47 Å². The first-order valence-electron chi connectivity index (χ1n) is 4.82. The van der Waals surface area contributed by atoms with E-state index in [1.807, 2.05) is 11.8 Å². The Morgan fingerprint density at radius 3 is 3.08 bits per heavy atom. The van der Waals surface area contributed by atoms with Crippen LogP contribution in [0.15, 0.2) is 0 Å². The van der Waals surface area contributed by atoms with Crippen LogP contribution in [0.4, 0.5) is 0 Å². The van der Waals surface area contributed by atoms with E-state index in [2.05, 4.69) is 11.6 Å². The molecule has 1 fully saturated rings. The standard InChI is InChI=1S/C9H19NO2S/c1-13-6-2-3-10-7-9-8-11-4-5-12-9/h9-10H,2-8H2,1H3. The molecule has 0 spiro atoms. The second kappa shape index (κ2) is 7.62. The molecule has 0 bridgehead atoms. The van der Waals surface area contributed by atoms with Gasteiger partial charge in [-0.3, -0.25) is 0 Å². The Kier molecular flexibility index (Phi) is 6.62. The number of ether oxygens (including phenoxy) is 2. The molecule has 0 radical (unpaired) electrons. The zero-order valence-corrected chi connectivity index (χ0v) is 9.07. The van der Waals surface area contributed by atoms with E-state index in [9.17, 15) is 0 Å². The van der Waals surface area contributed by atoms with Crippen LogP contribution < -0.4 is 5.32 Å². The van der Waals surface area contributed by atoms with Gasteiger partial charge in [0.05, 0.1) is 25.9 Å². The van der Waals surface area contributed by atoms with Gasteiger partial charge in [-0.15, -0.1) is 0 Å². The van der Waals surface area contributed by atoms with Crippen LogP contribution in [0.5, 0.6) is 0 Å². The Bertz CT molecular complexity index is 118. The third-order valence-electron chi connectivity index (χ3n) is 1.96. The Morgan fingerprint density at radius 2 is 2.38 bits per heavy atom. The largest absolute Gasteiger partial charge is 0.376 e. The predicted molar refractivity (Wildman–Crippen MR) is 56.4 cm³/mol. The molecule has 0 aromatic carbocycles. The Morgan fingerprint density at radius 1 is 1.46 bits per heavy atom. The lowest BCUT2D eigenvalue weighted by atomic mass is 10.3. The van der Waals surface area contributed by atoms with Crippen LogP contribution in [0.25, 0.3) is 0 Å². The van der Waals surface area contributed by atoms with Gasteiger partial charge in [-0.05, 0) is 25.0 Å². The normalized spacial score (nSPS) is 23.3. The SMILES string of the molecule is CSCCCNCC1COCCO1. The summed E-state index contributed by atoms with van der Waals surface area (Å²) in [4.78, 5) is 0. The third-order valence-corrected chi connectivity index (χ3v) is 2.66. The minimum Gasteiger partial charge on any atom is -0.376 e. The van der Waals surface area contributed by atoms with E-state index in [1.165, 1.54) is 12.2 Å². The first-order chi connectivity index (χ1) is 6.43. The molecule has 78 valence electrons. The molecule has 0 aromatic heterocycles. The van der Waals surface area contributed by atoms with E-state index < -0.39 is 0 Å². The molecule has 1 rings (SSSR count). The second-order valence-electron chi connectivity index (χ2n) is 3.12. The zero-order chi connectivity index (χ0) is 9.36. The highest BCUT2D eigenvalue weighted by molar-refractivity contribution is 7.98. The van der Waals surface area contributed by atoms with Crippen LogP contribution in [0.3, 0.4) is 0 Å². The molecule has 4 heteroatoms. The number of nitrogens with one attached hydrogen (secondary N) is 1. The van der Waals surface area contributed by atoms with Gasteiger partial charge >= 0.3 is 0 Å². The molecule has 1 unspecified atom stereocenters. The van der Waals surface area contributed by atoms with Gasteiger partial charge in [0.2, 0.25) is 0 Å². The average Bonchev–Trinajstić information content (AvgIpc) is 2.19. The maximum absolute atomic E-state index is 5.49. The number of rotatable bonds is 6. The van der Waals surface area contributed by atoms with Gasteiger partial charge in [-0.1, -0.05) is 0 Å². The van der Waals surface area contributed by atoms with E-state index in [1.54, 1.807) is 0 Å². The molecule has 3 nitrogen and oxygen atoms in total. The van der Waals surface area contributed by atoms with Crippen molar-refractivity contribution in [2.24, 2.45) is 0 Å². The van der Waals surface area contributed by atoms with Gasteiger partial charge in [0, 0.05) is 6.54 Å². The van der Waals surface area contributed by atoms with Gasteiger partial charge in [-0.25, -0.2) is 0 Å². The zero-order valence-electron chi connectivity index (χ0n) is 8.25. The maximum Gasteiger partial charge on any atom is 0.0933 e. The molecule has 0 aromatic rings. The molecule has 13 heavy (non-hydrogen) atoms. The summed E-state index contributed by atoms with van der Waals surface area (Å²) in [6, 6.07) is 0. The van der Waals surface area contributed by atoms with Gasteiger partial charge in [0.25, 0.3) is 0 Å². The van der Waals surface area contributed by atoms with Gasteiger partial charge < -0.3 is 14.8 Å². The minimum absolute atomic E-state index is 0.267. The summed E-state index contributed by atoms with van der Waals surface area (Å²) in [5.41, 5.74) is 0. The van der Waals surface area contributed by atoms with Crippen molar-refractivity contribution >= 4 is 11.8 Å². The molecule has 1 saturated heterocycles. The van der Waals surface area contributed by atoms with Crippen LogP contribution in [0.2, 0.25) is 0 Å². The molecule has 1 heterocycles. The first kappa shape index (κ1) is 11.3. The fourth-order valence-electron chi connectivity index (χ4n) is 1.26. The Hall–Kier alpha value is 0.230. The van der Waals surface area contributed by atoms with Crippen LogP contribution in [0, 0.1) is 0 Å². The highest BCUT2D eigenvalue weighted by Crippen LogP contribution is 1.99. The fourth-order valence-corrected chi connectivity index (χ4v) is 1.69. The quantitative estimate of drug-likeness (QED) is 0.648. The van der Waals surface area contributed by atoms with Crippen molar-refractivity contribution in [1.82, 2.24) is 5.32 Å². The highest BCUT2D eigenvalue weighted by Gasteiger charge is 2.12. The lowest BCUT2D eigenvalue weighted by Crippen LogP contribution is -2.37. The van der Waals surface area contributed by atoms with Crippen molar-refractivity contribution in [3.05, 3.63) is 0 Å². The number of hydrogen-bond donors (Lipinski definition) is 1. The lowest BCUT2D eigenvalue weighted by molar-refractivity contribution is -0.0862. The molecule has 0 aliphatic carbocycles. The van der Waals surface area contributed by atoms with Crippen LogP contribution in [-0.2, 0) is 9.47 Å². The topological polar surface area (TPSA) is 30.5 Å².